The van der Waals surface area contributed by atoms with Gasteiger partial charge in [0.15, 0.2) is 0 Å². The molecule has 1 heterocycles. The van der Waals surface area contributed by atoms with Crippen LogP contribution in [0.5, 0.6) is 0 Å². The Morgan fingerprint density at radius 2 is 2.05 bits per heavy atom. The minimum Gasteiger partial charge on any atom is -0.460 e. The van der Waals surface area contributed by atoms with Crippen LogP contribution in [0.2, 0.25) is 0 Å². The van der Waals surface area contributed by atoms with Gasteiger partial charge < -0.3 is 15.2 Å². The molecule has 3 aliphatic rings. The predicted octanol–water partition coefficient (Wildman–Crippen LogP) is 2.19. The predicted molar refractivity (Wildman–Crippen MR) is 78.7 cm³/mol. The van der Waals surface area contributed by atoms with Crippen LogP contribution in [0.25, 0.3) is 0 Å². The first-order chi connectivity index (χ1) is 10.0. The van der Waals surface area contributed by atoms with Crippen LogP contribution in [0.1, 0.15) is 26.2 Å². The fourth-order valence-electron chi connectivity index (χ4n) is 4.70. The molecule has 0 spiro atoms. The average Bonchev–Trinajstić information content (AvgIpc) is 2.91. The van der Waals surface area contributed by atoms with E-state index in [0.29, 0.717) is 12.3 Å². The second-order valence-electron chi connectivity index (χ2n) is 7.10. The molecule has 21 heavy (non-hydrogen) atoms. The van der Waals surface area contributed by atoms with Crippen molar-refractivity contribution in [2.24, 2.45) is 17.8 Å². The third-order valence-electron chi connectivity index (χ3n) is 5.38. The Bertz CT molecular complexity index is 556. The molecule has 0 aromatic heterocycles. The number of rotatable bonds is 2. The zero-order chi connectivity index (χ0) is 14.6. The van der Waals surface area contributed by atoms with E-state index in [-0.39, 0.29) is 30.0 Å². The Hall–Kier alpha value is -1.55. The second-order valence-corrected chi connectivity index (χ2v) is 7.10. The monoisotopic (exact) mass is 287 g/mol. The van der Waals surface area contributed by atoms with Gasteiger partial charge in [0.1, 0.15) is 6.10 Å². The zero-order valence-electron chi connectivity index (χ0n) is 12.2. The molecule has 3 fully saturated rings. The molecule has 1 aromatic rings. The molecular weight excluding hydrogens is 266 g/mol. The van der Waals surface area contributed by atoms with Crippen molar-refractivity contribution in [1.82, 2.24) is 0 Å². The topological polar surface area (TPSA) is 58.6 Å². The summed E-state index contributed by atoms with van der Waals surface area (Å²) in [5.41, 5.74) is 0.328. The second kappa shape index (κ2) is 4.47. The van der Waals surface area contributed by atoms with Crippen LogP contribution >= 0.6 is 0 Å². The van der Waals surface area contributed by atoms with Gasteiger partial charge in [0, 0.05) is 11.6 Å². The maximum atomic E-state index is 12.1. The smallest absolute Gasteiger partial charge is 0.309 e. The molecule has 2 N–H and O–H groups in total. The molecule has 4 heteroatoms. The number of aliphatic hydroxyl groups is 1. The van der Waals surface area contributed by atoms with Crippen LogP contribution in [0.15, 0.2) is 30.3 Å². The van der Waals surface area contributed by atoms with Crippen LogP contribution in [0.3, 0.4) is 0 Å². The summed E-state index contributed by atoms with van der Waals surface area (Å²) >= 11 is 0. The summed E-state index contributed by atoms with van der Waals surface area (Å²) in [6.07, 6.45) is 2.24. The molecule has 0 radical (unpaired) electrons. The van der Waals surface area contributed by atoms with Gasteiger partial charge in [-0.25, -0.2) is 0 Å². The highest BCUT2D eigenvalue weighted by atomic mass is 16.6. The molecule has 0 bridgehead atoms. The molecule has 1 aliphatic heterocycles. The first-order valence-corrected chi connectivity index (χ1v) is 7.78. The summed E-state index contributed by atoms with van der Waals surface area (Å²) < 4.78 is 5.66. The van der Waals surface area contributed by atoms with Gasteiger partial charge in [-0.3, -0.25) is 4.79 Å². The van der Waals surface area contributed by atoms with Crippen LogP contribution in [-0.2, 0) is 9.53 Å². The molecule has 1 saturated heterocycles. The Morgan fingerprint density at radius 3 is 2.81 bits per heavy atom. The maximum absolute atomic E-state index is 12.1. The van der Waals surface area contributed by atoms with E-state index in [0.717, 1.165) is 18.5 Å². The standard InChI is InChI=1S/C17H21NO3/c1-17(20)8-10-7-13(18-11-5-3-2-4-6-11)15-14(10)12(9-17)16(19)21-15/h2-6,10,12-15,18,20H,7-9H2,1H3/t10-,12+,13+,14?,15-,17-/m1/s1. The van der Waals surface area contributed by atoms with Gasteiger partial charge in [0.05, 0.1) is 17.6 Å². The van der Waals surface area contributed by atoms with Gasteiger partial charge in [-0.2, -0.15) is 0 Å². The number of carbonyl (C=O) groups is 1. The van der Waals surface area contributed by atoms with Crippen molar-refractivity contribution in [3.63, 3.8) is 0 Å². The lowest BCUT2D eigenvalue weighted by molar-refractivity contribution is -0.147. The van der Waals surface area contributed by atoms with Crippen LogP contribution in [0, 0.1) is 17.8 Å². The lowest BCUT2D eigenvalue weighted by Gasteiger charge is -2.37. The number of nitrogens with one attached hydrogen (secondary N) is 1. The summed E-state index contributed by atoms with van der Waals surface area (Å²) in [5.74, 6) is 0.413. The van der Waals surface area contributed by atoms with Crippen molar-refractivity contribution in [2.75, 3.05) is 5.32 Å². The van der Waals surface area contributed by atoms with Gasteiger partial charge in [-0.05, 0) is 44.2 Å². The number of para-hydroxylation sites is 1. The molecule has 1 unspecified atom stereocenters. The van der Waals surface area contributed by atoms with E-state index in [4.69, 9.17) is 4.74 Å². The highest BCUT2D eigenvalue weighted by Gasteiger charge is 2.60. The van der Waals surface area contributed by atoms with E-state index in [1.807, 2.05) is 37.3 Å². The third-order valence-corrected chi connectivity index (χ3v) is 5.38. The molecule has 2 saturated carbocycles. The Balaban J connectivity index is 1.59. The molecular formula is C17H21NO3. The van der Waals surface area contributed by atoms with Crippen molar-refractivity contribution < 1.29 is 14.6 Å². The molecule has 112 valence electrons. The van der Waals surface area contributed by atoms with Gasteiger partial charge >= 0.3 is 5.97 Å². The SMILES string of the molecule is C[C@@]1(O)C[C@H]2C[C@H](Nc3ccccc3)[C@H]3OC(=O)[C@@H](C1)C23. The van der Waals surface area contributed by atoms with Crippen LogP contribution in [-0.4, -0.2) is 28.8 Å². The maximum Gasteiger partial charge on any atom is 0.309 e. The highest BCUT2D eigenvalue weighted by Crippen LogP contribution is 2.54. The summed E-state index contributed by atoms with van der Waals surface area (Å²) in [4.78, 5) is 12.1. The largest absolute Gasteiger partial charge is 0.460 e. The minimum atomic E-state index is -0.735. The molecule has 1 aromatic carbocycles. The molecule has 6 atom stereocenters. The minimum absolute atomic E-state index is 0.0381. The Labute approximate surface area is 124 Å². The lowest BCUT2D eigenvalue weighted by Crippen LogP contribution is -2.41. The van der Waals surface area contributed by atoms with E-state index in [2.05, 4.69) is 5.32 Å². The van der Waals surface area contributed by atoms with Crippen LogP contribution < -0.4 is 5.32 Å². The highest BCUT2D eigenvalue weighted by molar-refractivity contribution is 5.76. The summed E-state index contributed by atoms with van der Waals surface area (Å²) in [6.45, 7) is 1.85. The van der Waals surface area contributed by atoms with Crippen LogP contribution in [0.4, 0.5) is 5.69 Å². The Kier molecular flexibility index (Phi) is 2.80. The van der Waals surface area contributed by atoms with Gasteiger partial charge in [-0.15, -0.1) is 0 Å². The molecule has 0 amide bonds. The number of ether oxygens (including phenoxy) is 1. The summed E-state index contributed by atoms with van der Waals surface area (Å²) in [7, 11) is 0. The van der Waals surface area contributed by atoms with Crippen molar-refractivity contribution in [3.8, 4) is 0 Å². The van der Waals surface area contributed by atoms with E-state index in [9.17, 15) is 9.90 Å². The van der Waals surface area contributed by atoms with Gasteiger partial charge in [0.25, 0.3) is 0 Å². The normalized spacial score (nSPS) is 44.3. The Morgan fingerprint density at radius 1 is 1.29 bits per heavy atom. The average molecular weight is 287 g/mol. The fourth-order valence-corrected chi connectivity index (χ4v) is 4.70. The number of esters is 1. The van der Waals surface area contributed by atoms with Gasteiger partial charge in [0.2, 0.25) is 0 Å². The third kappa shape index (κ3) is 2.13. The number of anilines is 1. The van der Waals surface area contributed by atoms with Crippen molar-refractivity contribution in [1.29, 1.82) is 0 Å². The molecule has 4 rings (SSSR count). The summed E-state index contributed by atoms with van der Waals surface area (Å²) in [5, 5.41) is 13.9. The fraction of sp³-hybridized carbons (Fsp3) is 0.588. The molecule has 4 nitrogen and oxygen atoms in total. The van der Waals surface area contributed by atoms with Crippen molar-refractivity contribution >= 4 is 11.7 Å². The van der Waals surface area contributed by atoms with Crippen molar-refractivity contribution in [3.05, 3.63) is 30.3 Å². The van der Waals surface area contributed by atoms with E-state index in [1.165, 1.54) is 0 Å². The van der Waals surface area contributed by atoms with Gasteiger partial charge in [-0.1, -0.05) is 18.2 Å². The quantitative estimate of drug-likeness (QED) is 0.819. The van der Waals surface area contributed by atoms with E-state index in [1.54, 1.807) is 0 Å². The number of hydrogen-bond donors (Lipinski definition) is 2. The van der Waals surface area contributed by atoms with E-state index >= 15 is 0 Å². The lowest BCUT2D eigenvalue weighted by atomic mass is 9.68. The zero-order valence-corrected chi connectivity index (χ0v) is 12.2. The summed E-state index contributed by atoms with van der Waals surface area (Å²) in [6, 6.07) is 10.2. The number of benzene rings is 1. The first-order valence-electron chi connectivity index (χ1n) is 7.78. The van der Waals surface area contributed by atoms with E-state index < -0.39 is 5.60 Å². The number of hydrogen-bond acceptors (Lipinski definition) is 4. The number of carbonyl (C=O) groups excluding carboxylic acids is 1. The molecule has 2 aliphatic carbocycles. The van der Waals surface area contributed by atoms with Crippen molar-refractivity contribution in [2.45, 2.75) is 43.9 Å². The first kappa shape index (κ1) is 13.1.